The normalized spacial score (nSPS) is 18.4. The number of ether oxygens (including phenoxy) is 1. The van der Waals surface area contributed by atoms with E-state index in [1.165, 1.54) is 7.11 Å². The van der Waals surface area contributed by atoms with Crippen molar-refractivity contribution in [3.05, 3.63) is 29.8 Å². The highest BCUT2D eigenvalue weighted by Gasteiger charge is 2.30. The third-order valence-corrected chi connectivity index (χ3v) is 4.29. The summed E-state index contributed by atoms with van der Waals surface area (Å²) in [6.07, 6.45) is 0. The van der Waals surface area contributed by atoms with E-state index < -0.39 is 12.1 Å². The van der Waals surface area contributed by atoms with Crippen LogP contribution in [-0.2, 0) is 9.53 Å². The molecule has 8 heteroatoms. The highest BCUT2D eigenvalue weighted by atomic mass is 16.5. The Hall–Kier alpha value is -2.77. The van der Waals surface area contributed by atoms with E-state index in [2.05, 4.69) is 10.2 Å². The summed E-state index contributed by atoms with van der Waals surface area (Å²) in [5.41, 5.74) is 6.56. The van der Waals surface area contributed by atoms with Crippen LogP contribution in [0.1, 0.15) is 24.2 Å². The number of hydrogen-bond acceptors (Lipinski definition) is 5. The molecular formula is C17H24N4O4. The van der Waals surface area contributed by atoms with E-state index in [1.807, 2.05) is 19.1 Å². The van der Waals surface area contributed by atoms with Crippen molar-refractivity contribution in [2.45, 2.75) is 25.9 Å². The fourth-order valence-electron chi connectivity index (χ4n) is 2.97. The van der Waals surface area contributed by atoms with E-state index in [0.29, 0.717) is 25.2 Å². The molecule has 0 aromatic heterocycles. The number of nitrogens with two attached hydrogens (primary N) is 1. The molecule has 25 heavy (non-hydrogen) atoms. The fraction of sp³-hybridized carbons (Fsp3) is 0.471. The Kier molecular flexibility index (Phi) is 5.84. The van der Waals surface area contributed by atoms with Crippen LogP contribution in [-0.4, -0.2) is 61.6 Å². The number of nitrogens with zero attached hydrogens (tertiary/aromatic N) is 2. The maximum Gasteiger partial charge on any atom is 0.337 e. The molecular weight excluding hydrogens is 324 g/mol. The Bertz CT molecular complexity index is 647. The van der Waals surface area contributed by atoms with Crippen LogP contribution in [0.3, 0.4) is 0 Å². The molecule has 0 bridgehead atoms. The lowest BCUT2D eigenvalue weighted by Crippen LogP contribution is -2.58. The van der Waals surface area contributed by atoms with Gasteiger partial charge in [-0.2, -0.15) is 0 Å². The minimum absolute atomic E-state index is 0.0151. The lowest BCUT2D eigenvalue weighted by atomic mass is 10.1. The number of amides is 3. The van der Waals surface area contributed by atoms with Gasteiger partial charge in [0.2, 0.25) is 5.91 Å². The molecule has 3 amide bonds. The highest BCUT2D eigenvalue weighted by molar-refractivity contribution is 5.89. The van der Waals surface area contributed by atoms with Crippen LogP contribution in [0.4, 0.5) is 10.5 Å². The fourth-order valence-corrected chi connectivity index (χ4v) is 2.97. The average Bonchev–Trinajstić information content (AvgIpc) is 2.60. The van der Waals surface area contributed by atoms with E-state index in [1.54, 1.807) is 24.0 Å². The van der Waals surface area contributed by atoms with Crippen molar-refractivity contribution < 1.29 is 19.1 Å². The summed E-state index contributed by atoms with van der Waals surface area (Å²) in [5.74, 6) is -0.515. The third-order valence-electron chi connectivity index (χ3n) is 4.29. The number of carbonyl (C=O) groups is 3. The summed E-state index contributed by atoms with van der Waals surface area (Å²) in [7, 11) is 1.35. The lowest BCUT2D eigenvalue weighted by molar-refractivity contribution is -0.135. The molecule has 1 aliphatic heterocycles. The van der Waals surface area contributed by atoms with E-state index in [0.717, 1.165) is 5.69 Å². The molecule has 0 unspecified atom stereocenters. The summed E-state index contributed by atoms with van der Waals surface area (Å²) in [4.78, 5) is 38.7. The predicted molar refractivity (Wildman–Crippen MR) is 93.4 cm³/mol. The van der Waals surface area contributed by atoms with Crippen molar-refractivity contribution in [1.29, 1.82) is 0 Å². The number of piperazine rings is 1. The molecule has 1 aromatic carbocycles. The minimum Gasteiger partial charge on any atom is -0.465 e. The van der Waals surface area contributed by atoms with Gasteiger partial charge in [-0.15, -0.1) is 0 Å². The smallest absolute Gasteiger partial charge is 0.337 e. The van der Waals surface area contributed by atoms with Crippen LogP contribution >= 0.6 is 0 Å². The van der Waals surface area contributed by atoms with Crippen LogP contribution in [0.15, 0.2) is 24.3 Å². The van der Waals surface area contributed by atoms with Gasteiger partial charge in [-0.05, 0) is 38.1 Å². The molecule has 136 valence electrons. The van der Waals surface area contributed by atoms with Gasteiger partial charge < -0.3 is 25.6 Å². The maximum absolute atomic E-state index is 12.4. The summed E-state index contributed by atoms with van der Waals surface area (Å²) >= 11 is 0. The summed E-state index contributed by atoms with van der Waals surface area (Å²) in [5, 5.41) is 2.42. The van der Waals surface area contributed by atoms with Gasteiger partial charge in [-0.3, -0.25) is 4.79 Å². The zero-order chi connectivity index (χ0) is 18.6. The van der Waals surface area contributed by atoms with Gasteiger partial charge in [-0.1, -0.05) is 0 Å². The Balaban J connectivity index is 2.00. The molecule has 0 saturated carbocycles. The molecule has 1 fully saturated rings. The molecule has 1 aliphatic rings. The van der Waals surface area contributed by atoms with Crippen LogP contribution in [0.25, 0.3) is 0 Å². The average molecular weight is 348 g/mol. The number of hydrogen-bond donors (Lipinski definition) is 2. The molecule has 1 heterocycles. The van der Waals surface area contributed by atoms with Crippen molar-refractivity contribution in [3.8, 4) is 0 Å². The van der Waals surface area contributed by atoms with E-state index in [9.17, 15) is 14.4 Å². The first-order valence-electron chi connectivity index (χ1n) is 8.13. The largest absolute Gasteiger partial charge is 0.465 e. The summed E-state index contributed by atoms with van der Waals surface area (Å²) in [6, 6.07) is 5.81. The lowest BCUT2D eigenvalue weighted by Gasteiger charge is -2.42. The van der Waals surface area contributed by atoms with Gasteiger partial charge >= 0.3 is 12.0 Å². The Morgan fingerprint density at radius 1 is 1.24 bits per heavy atom. The molecule has 0 radical (unpaired) electrons. The number of benzene rings is 1. The zero-order valence-electron chi connectivity index (χ0n) is 14.7. The Morgan fingerprint density at radius 2 is 1.88 bits per heavy atom. The SMILES string of the molecule is COC(=O)c1ccc(N2CCN(C(=O)[C@H](C)NC(N)=O)[C@H](C)C2)cc1. The maximum atomic E-state index is 12.4. The number of esters is 1. The molecule has 2 rings (SSSR count). The molecule has 8 nitrogen and oxygen atoms in total. The second kappa shape index (κ2) is 7.87. The Morgan fingerprint density at radius 3 is 2.40 bits per heavy atom. The van der Waals surface area contributed by atoms with Gasteiger partial charge in [0.15, 0.2) is 0 Å². The van der Waals surface area contributed by atoms with Gasteiger partial charge in [0.1, 0.15) is 6.04 Å². The van der Waals surface area contributed by atoms with Crippen molar-refractivity contribution in [2.24, 2.45) is 5.73 Å². The van der Waals surface area contributed by atoms with E-state index in [-0.39, 0.29) is 17.9 Å². The van der Waals surface area contributed by atoms with Crippen LogP contribution in [0.2, 0.25) is 0 Å². The number of anilines is 1. The number of nitrogens with one attached hydrogen (secondary N) is 1. The second-order valence-corrected chi connectivity index (χ2v) is 6.10. The zero-order valence-corrected chi connectivity index (χ0v) is 14.7. The molecule has 2 atom stereocenters. The summed E-state index contributed by atoms with van der Waals surface area (Å²) < 4.78 is 4.69. The van der Waals surface area contributed by atoms with Crippen molar-refractivity contribution in [2.75, 3.05) is 31.6 Å². The minimum atomic E-state index is -0.710. The number of carbonyl (C=O) groups excluding carboxylic acids is 3. The number of rotatable bonds is 4. The van der Waals surface area contributed by atoms with Crippen molar-refractivity contribution >= 4 is 23.6 Å². The van der Waals surface area contributed by atoms with Crippen molar-refractivity contribution in [3.63, 3.8) is 0 Å². The standard InChI is InChI=1S/C17H24N4O4/c1-11-10-20(14-6-4-13(5-7-14)16(23)25-3)8-9-21(11)15(22)12(2)19-17(18)24/h4-7,11-12H,8-10H2,1-3H3,(H3,18,19,24)/t11-,12+/m1/s1. The monoisotopic (exact) mass is 348 g/mol. The van der Waals surface area contributed by atoms with Gasteiger partial charge in [0.25, 0.3) is 0 Å². The first-order chi connectivity index (χ1) is 11.8. The Labute approximate surface area is 146 Å². The molecule has 3 N–H and O–H groups in total. The van der Waals surface area contributed by atoms with Gasteiger partial charge in [-0.25, -0.2) is 9.59 Å². The second-order valence-electron chi connectivity index (χ2n) is 6.10. The molecule has 0 spiro atoms. The molecule has 0 aliphatic carbocycles. The predicted octanol–water partition coefficient (Wildman–Crippen LogP) is 0.567. The van der Waals surface area contributed by atoms with E-state index >= 15 is 0 Å². The van der Waals surface area contributed by atoms with Crippen LogP contribution in [0, 0.1) is 0 Å². The van der Waals surface area contributed by atoms with Gasteiger partial charge in [0, 0.05) is 31.4 Å². The van der Waals surface area contributed by atoms with Crippen molar-refractivity contribution in [1.82, 2.24) is 10.2 Å². The topological polar surface area (TPSA) is 105 Å². The molecule has 1 aromatic rings. The van der Waals surface area contributed by atoms with Gasteiger partial charge in [0.05, 0.1) is 12.7 Å². The number of primary amides is 1. The quantitative estimate of drug-likeness (QED) is 0.774. The first-order valence-corrected chi connectivity index (χ1v) is 8.13. The first kappa shape index (κ1) is 18.6. The third kappa shape index (κ3) is 4.40. The summed E-state index contributed by atoms with van der Waals surface area (Å²) in [6.45, 7) is 5.45. The number of methoxy groups -OCH3 is 1. The number of urea groups is 1. The highest BCUT2D eigenvalue weighted by Crippen LogP contribution is 2.20. The van der Waals surface area contributed by atoms with E-state index in [4.69, 9.17) is 10.5 Å². The van der Waals surface area contributed by atoms with Crippen LogP contribution in [0.5, 0.6) is 0 Å². The molecule has 1 saturated heterocycles. The van der Waals surface area contributed by atoms with Crippen LogP contribution < -0.4 is 16.0 Å².